The number of aromatic nitrogens is 3. The Morgan fingerprint density at radius 2 is 2.18 bits per heavy atom. The molecule has 0 saturated carbocycles. The molecular weight excluding hydrogens is 320 g/mol. The summed E-state index contributed by atoms with van der Waals surface area (Å²) in [6.45, 7) is 6.08. The average Bonchev–Trinajstić information content (AvgIpc) is 3.19. The molecule has 0 atom stereocenters. The van der Waals surface area contributed by atoms with Crippen LogP contribution in [0.15, 0.2) is 11.7 Å². The zero-order chi connectivity index (χ0) is 15.4. The minimum Gasteiger partial charge on any atom is -0.346 e. The average molecular weight is 338 g/mol. The van der Waals surface area contributed by atoms with Gasteiger partial charge in [-0.25, -0.2) is 4.98 Å². The van der Waals surface area contributed by atoms with Crippen LogP contribution in [0.4, 0.5) is 10.3 Å². The standard InChI is InChI=1S/C13H18N6OS2/c1-2-10-7-14-13(22-10)19-5-3-18(4-6-19)8-11(20)16-12-17-15-9-21-12/h7,9H,2-6,8H2,1H3,(H,16,17,20). The maximum Gasteiger partial charge on any atom is 0.240 e. The summed E-state index contributed by atoms with van der Waals surface area (Å²) in [6.07, 6.45) is 2.99. The SMILES string of the molecule is CCc1cnc(N2CCN(CC(=O)Nc3nncs3)CC2)s1. The molecular formula is C13H18N6OS2. The van der Waals surface area contributed by atoms with Crippen LogP contribution in [0.1, 0.15) is 11.8 Å². The summed E-state index contributed by atoms with van der Waals surface area (Å²) in [5, 5.41) is 11.9. The first kappa shape index (κ1) is 15.3. The minimum atomic E-state index is -0.0345. The molecule has 1 saturated heterocycles. The number of aryl methyl sites for hydroxylation is 1. The van der Waals surface area contributed by atoms with Crippen LogP contribution in [0.5, 0.6) is 0 Å². The third-order valence-corrected chi connectivity index (χ3v) is 5.32. The number of hydrogen-bond donors (Lipinski definition) is 1. The van der Waals surface area contributed by atoms with Crippen LogP contribution in [0.2, 0.25) is 0 Å². The van der Waals surface area contributed by atoms with Crippen molar-refractivity contribution >= 4 is 38.8 Å². The Kier molecular flexibility index (Phi) is 4.96. The molecule has 1 N–H and O–H groups in total. The molecule has 0 radical (unpaired) electrons. The molecule has 0 spiro atoms. The zero-order valence-electron chi connectivity index (χ0n) is 12.4. The highest BCUT2D eigenvalue weighted by atomic mass is 32.1. The van der Waals surface area contributed by atoms with Gasteiger partial charge in [0.25, 0.3) is 0 Å². The van der Waals surface area contributed by atoms with E-state index >= 15 is 0 Å². The lowest BCUT2D eigenvalue weighted by Crippen LogP contribution is -2.48. The Morgan fingerprint density at radius 1 is 1.36 bits per heavy atom. The largest absolute Gasteiger partial charge is 0.346 e. The number of amides is 1. The van der Waals surface area contributed by atoms with Crippen LogP contribution in [-0.2, 0) is 11.2 Å². The van der Waals surface area contributed by atoms with Crippen molar-refractivity contribution in [3.63, 3.8) is 0 Å². The van der Waals surface area contributed by atoms with E-state index in [1.165, 1.54) is 16.2 Å². The summed E-state index contributed by atoms with van der Waals surface area (Å²) in [4.78, 5) is 22.2. The number of hydrogen-bond acceptors (Lipinski definition) is 8. The van der Waals surface area contributed by atoms with Crippen molar-refractivity contribution in [2.45, 2.75) is 13.3 Å². The Labute approximate surface area is 137 Å². The number of nitrogens with zero attached hydrogens (tertiary/aromatic N) is 5. The second kappa shape index (κ2) is 7.12. The first-order chi connectivity index (χ1) is 10.7. The molecule has 0 aliphatic carbocycles. The summed E-state index contributed by atoms with van der Waals surface area (Å²) >= 11 is 3.09. The van der Waals surface area contributed by atoms with Gasteiger partial charge in [-0.2, -0.15) is 0 Å². The fraction of sp³-hybridized carbons (Fsp3) is 0.538. The van der Waals surface area contributed by atoms with Crippen molar-refractivity contribution in [1.29, 1.82) is 0 Å². The van der Waals surface area contributed by atoms with E-state index in [2.05, 4.69) is 37.2 Å². The number of thiazole rings is 1. The molecule has 1 fully saturated rings. The Morgan fingerprint density at radius 3 is 2.82 bits per heavy atom. The molecule has 9 heteroatoms. The van der Waals surface area contributed by atoms with Gasteiger partial charge in [-0.05, 0) is 6.42 Å². The van der Waals surface area contributed by atoms with Crippen molar-refractivity contribution in [2.75, 3.05) is 42.9 Å². The lowest BCUT2D eigenvalue weighted by Gasteiger charge is -2.34. The summed E-state index contributed by atoms with van der Waals surface area (Å²) in [5.74, 6) is -0.0345. The third-order valence-electron chi connectivity index (χ3n) is 3.51. The highest BCUT2D eigenvalue weighted by molar-refractivity contribution is 7.15. The number of rotatable bonds is 5. The lowest BCUT2D eigenvalue weighted by molar-refractivity contribution is -0.117. The quantitative estimate of drug-likeness (QED) is 0.886. The fourth-order valence-corrected chi connectivity index (χ4v) is 3.66. The van der Waals surface area contributed by atoms with Gasteiger partial charge in [0.1, 0.15) is 5.51 Å². The molecule has 0 unspecified atom stereocenters. The molecule has 3 rings (SSSR count). The first-order valence-corrected chi connectivity index (χ1v) is 8.92. The highest BCUT2D eigenvalue weighted by Crippen LogP contribution is 2.23. The Hall–Kier alpha value is -1.58. The van der Waals surface area contributed by atoms with Crippen molar-refractivity contribution < 1.29 is 4.79 Å². The van der Waals surface area contributed by atoms with Crippen LogP contribution in [0, 0.1) is 0 Å². The number of carbonyl (C=O) groups excluding carboxylic acids is 1. The molecule has 0 bridgehead atoms. The van der Waals surface area contributed by atoms with Gasteiger partial charge in [0, 0.05) is 37.3 Å². The minimum absolute atomic E-state index is 0.0345. The van der Waals surface area contributed by atoms with Crippen LogP contribution in [-0.4, -0.2) is 58.7 Å². The number of nitrogens with one attached hydrogen (secondary N) is 1. The molecule has 118 valence electrons. The van der Waals surface area contributed by atoms with Crippen LogP contribution >= 0.6 is 22.7 Å². The molecule has 2 aromatic rings. The first-order valence-electron chi connectivity index (χ1n) is 7.22. The normalized spacial score (nSPS) is 16.0. The number of piperazine rings is 1. The monoisotopic (exact) mass is 338 g/mol. The second-order valence-corrected chi connectivity index (χ2v) is 6.94. The molecule has 3 heterocycles. The summed E-state index contributed by atoms with van der Waals surface area (Å²) in [7, 11) is 0. The van der Waals surface area contributed by atoms with Gasteiger partial charge in [0.15, 0.2) is 5.13 Å². The van der Waals surface area contributed by atoms with Crippen LogP contribution < -0.4 is 10.2 Å². The molecule has 7 nitrogen and oxygen atoms in total. The van der Waals surface area contributed by atoms with Gasteiger partial charge in [0.05, 0.1) is 6.54 Å². The number of anilines is 2. The summed E-state index contributed by atoms with van der Waals surface area (Å²) < 4.78 is 0. The summed E-state index contributed by atoms with van der Waals surface area (Å²) in [6, 6.07) is 0. The Bertz CT molecular complexity index is 606. The zero-order valence-corrected chi connectivity index (χ0v) is 14.0. The topological polar surface area (TPSA) is 74.2 Å². The van der Waals surface area contributed by atoms with Gasteiger partial charge >= 0.3 is 0 Å². The predicted molar refractivity (Wildman–Crippen MR) is 88.7 cm³/mol. The molecule has 22 heavy (non-hydrogen) atoms. The molecule has 1 amide bonds. The molecule has 0 aromatic carbocycles. The Balaban J connectivity index is 1.46. The van der Waals surface area contributed by atoms with Crippen molar-refractivity contribution in [3.8, 4) is 0 Å². The van der Waals surface area contributed by atoms with Crippen LogP contribution in [0.25, 0.3) is 0 Å². The maximum absolute atomic E-state index is 11.9. The van der Waals surface area contributed by atoms with E-state index in [0.29, 0.717) is 11.7 Å². The van der Waals surface area contributed by atoms with Gasteiger partial charge in [-0.3, -0.25) is 15.0 Å². The fourth-order valence-electron chi connectivity index (χ4n) is 2.29. The van der Waals surface area contributed by atoms with Gasteiger partial charge in [-0.15, -0.1) is 21.5 Å². The van der Waals surface area contributed by atoms with E-state index in [9.17, 15) is 4.79 Å². The van der Waals surface area contributed by atoms with E-state index in [1.807, 2.05) is 6.20 Å². The number of carbonyl (C=O) groups is 1. The van der Waals surface area contributed by atoms with E-state index < -0.39 is 0 Å². The lowest BCUT2D eigenvalue weighted by atomic mass is 10.3. The third kappa shape index (κ3) is 3.79. The van der Waals surface area contributed by atoms with Crippen LogP contribution in [0.3, 0.4) is 0 Å². The van der Waals surface area contributed by atoms with Crippen molar-refractivity contribution in [2.24, 2.45) is 0 Å². The predicted octanol–water partition coefficient (Wildman–Crippen LogP) is 1.32. The van der Waals surface area contributed by atoms with Gasteiger partial charge in [0.2, 0.25) is 11.0 Å². The van der Waals surface area contributed by atoms with E-state index in [-0.39, 0.29) is 5.91 Å². The van der Waals surface area contributed by atoms with Gasteiger partial charge < -0.3 is 4.90 Å². The molecule has 1 aliphatic rings. The molecule has 1 aliphatic heterocycles. The molecule has 2 aromatic heterocycles. The second-order valence-electron chi connectivity index (χ2n) is 5.02. The van der Waals surface area contributed by atoms with E-state index in [1.54, 1.807) is 16.8 Å². The highest BCUT2D eigenvalue weighted by Gasteiger charge is 2.21. The smallest absolute Gasteiger partial charge is 0.240 e. The van der Waals surface area contributed by atoms with Crippen molar-refractivity contribution in [3.05, 3.63) is 16.6 Å². The van der Waals surface area contributed by atoms with E-state index in [0.717, 1.165) is 37.7 Å². The van der Waals surface area contributed by atoms with E-state index in [4.69, 9.17) is 0 Å². The van der Waals surface area contributed by atoms with Gasteiger partial charge in [-0.1, -0.05) is 18.3 Å². The summed E-state index contributed by atoms with van der Waals surface area (Å²) in [5.41, 5.74) is 1.60. The maximum atomic E-state index is 11.9. The van der Waals surface area contributed by atoms with Crippen molar-refractivity contribution in [1.82, 2.24) is 20.1 Å².